The van der Waals surface area contributed by atoms with Crippen molar-refractivity contribution in [2.24, 2.45) is 23.7 Å². The lowest BCUT2D eigenvalue weighted by Crippen LogP contribution is -2.14. The van der Waals surface area contributed by atoms with Crippen LogP contribution in [-0.4, -0.2) is 0 Å². The molecule has 0 bridgehead atoms. The van der Waals surface area contributed by atoms with Crippen molar-refractivity contribution in [2.45, 2.75) is 104 Å². The topological polar surface area (TPSA) is 0 Å². The fraction of sp³-hybridized carbons (Fsp3) is 0.909. The summed E-state index contributed by atoms with van der Waals surface area (Å²) >= 11 is 0. The van der Waals surface area contributed by atoms with Crippen molar-refractivity contribution in [2.75, 3.05) is 0 Å². The van der Waals surface area contributed by atoms with Crippen LogP contribution in [0.4, 0.5) is 0 Å². The van der Waals surface area contributed by atoms with Gasteiger partial charge in [-0.15, -0.1) is 0 Å². The lowest BCUT2D eigenvalue weighted by molar-refractivity contribution is 0.247. The van der Waals surface area contributed by atoms with Gasteiger partial charge in [0.25, 0.3) is 0 Å². The van der Waals surface area contributed by atoms with Crippen LogP contribution in [-0.2, 0) is 0 Å². The third-order valence-electron chi connectivity index (χ3n) is 6.55. The van der Waals surface area contributed by atoms with E-state index in [2.05, 4.69) is 26.0 Å². The molecule has 0 saturated heterocycles. The fourth-order valence-corrected chi connectivity index (χ4v) is 4.79. The number of rotatable bonds is 8. The van der Waals surface area contributed by atoms with Crippen LogP contribution in [0.2, 0.25) is 0 Å². The highest BCUT2D eigenvalue weighted by Crippen LogP contribution is 2.35. The Kier molecular flexibility index (Phi) is 8.63. The standard InChI is InChI=1S/C22H40/c1-3-5-8-20-15-17-22(18-16-20)10-7-6-9-21-13-11-19(4-2)12-14-21/h5,8,19-22H,3-4,6-7,9-18H2,1-2H3/t19-,20?,21-,22?. The maximum absolute atomic E-state index is 2.49. The Morgan fingerprint density at radius 3 is 1.68 bits per heavy atom. The predicted molar refractivity (Wildman–Crippen MR) is 99.1 cm³/mol. The third-order valence-corrected chi connectivity index (χ3v) is 6.55. The average Bonchev–Trinajstić information content (AvgIpc) is 2.58. The Bertz CT molecular complexity index is 287. The van der Waals surface area contributed by atoms with E-state index in [1.54, 1.807) is 0 Å². The summed E-state index contributed by atoms with van der Waals surface area (Å²) in [5, 5.41) is 0. The molecule has 0 radical (unpaired) electrons. The zero-order valence-corrected chi connectivity index (χ0v) is 15.4. The van der Waals surface area contributed by atoms with Gasteiger partial charge in [-0.1, -0.05) is 83.8 Å². The Balaban J connectivity index is 1.49. The third kappa shape index (κ3) is 6.47. The summed E-state index contributed by atoms with van der Waals surface area (Å²) in [6.45, 7) is 4.62. The van der Waals surface area contributed by atoms with Crippen molar-refractivity contribution >= 4 is 0 Å². The van der Waals surface area contributed by atoms with Gasteiger partial charge in [0.1, 0.15) is 0 Å². The van der Waals surface area contributed by atoms with Crippen LogP contribution in [0.3, 0.4) is 0 Å². The minimum atomic E-state index is 0.907. The zero-order chi connectivity index (χ0) is 15.6. The molecule has 0 atom stereocenters. The summed E-state index contributed by atoms with van der Waals surface area (Å²) in [7, 11) is 0. The van der Waals surface area contributed by atoms with Crippen molar-refractivity contribution in [1.29, 1.82) is 0 Å². The van der Waals surface area contributed by atoms with E-state index in [0.29, 0.717) is 0 Å². The Morgan fingerprint density at radius 2 is 1.18 bits per heavy atom. The minimum Gasteiger partial charge on any atom is -0.0885 e. The maximum Gasteiger partial charge on any atom is -0.0233 e. The van der Waals surface area contributed by atoms with Gasteiger partial charge >= 0.3 is 0 Å². The van der Waals surface area contributed by atoms with E-state index in [9.17, 15) is 0 Å². The van der Waals surface area contributed by atoms with Crippen molar-refractivity contribution < 1.29 is 0 Å². The molecule has 0 aromatic heterocycles. The first kappa shape index (κ1) is 18.1. The molecular formula is C22H40. The molecule has 0 unspecified atom stereocenters. The van der Waals surface area contributed by atoms with Crippen LogP contribution in [0, 0.1) is 23.7 Å². The predicted octanol–water partition coefficient (Wildman–Crippen LogP) is 7.54. The monoisotopic (exact) mass is 304 g/mol. The molecule has 2 fully saturated rings. The first-order chi connectivity index (χ1) is 10.8. The van der Waals surface area contributed by atoms with Gasteiger partial charge in [-0.2, -0.15) is 0 Å². The van der Waals surface area contributed by atoms with E-state index in [0.717, 1.165) is 23.7 Å². The molecule has 0 heterocycles. The van der Waals surface area contributed by atoms with Crippen LogP contribution in [0.1, 0.15) is 104 Å². The smallest absolute Gasteiger partial charge is 0.0233 e. The van der Waals surface area contributed by atoms with Gasteiger partial charge in [-0.3, -0.25) is 0 Å². The first-order valence-electron chi connectivity index (χ1n) is 10.5. The Hall–Kier alpha value is -0.260. The second-order valence-corrected chi connectivity index (χ2v) is 8.20. The summed E-state index contributed by atoms with van der Waals surface area (Å²) < 4.78 is 0. The molecule has 0 nitrogen and oxygen atoms in total. The van der Waals surface area contributed by atoms with Crippen LogP contribution >= 0.6 is 0 Å². The van der Waals surface area contributed by atoms with E-state index < -0.39 is 0 Å². The molecule has 0 N–H and O–H groups in total. The van der Waals surface area contributed by atoms with Crippen LogP contribution in [0.5, 0.6) is 0 Å². The molecule has 0 heteroatoms. The number of hydrogen-bond donors (Lipinski definition) is 0. The Labute approximate surface area is 140 Å². The van der Waals surface area contributed by atoms with Gasteiger partial charge < -0.3 is 0 Å². The molecule has 0 amide bonds. The summed E-state index contributed by atoms with van der Waals surface area (Å²) in [4.78, 5) is 0. The zero-order valence-electron chi connectivity index (χ0n) is 15.4. The molecule has 0 spiro atoms. The SMILES string of the molecule is CCC=CC1CCC(CCCC[C@H]2CC[C@H](CC)CC2)CC1. The van der Waals surface area contributed by atoms with Crippen molar-refractivity contribution in [3.05, 3.63) is 12.2 Å². The second kappa shape index (κ2) is 10.5. The minimum absolute atomic E-state index is 0.907. The molecule has 2 aliphatic rings. The number of allylic oxidation sites excluding steroid dienone is 2. The molecule has 0 aromatic rings. The number of unbranched alkanes of at least 4 members (excludes halogenated alkanes) is 1. The summed E-state index contributed by atoms with van der Waals surface area (Å²) in [5.41, 5.74) is 0. The number of hydrogen-bond acceptors (Lipinski definition) is 0. The van der Waals surface area contributed by atoms with E-state index in [4.69, 9.17) is 0 Å². The summed E-state index contributed by atoms with van der Waals surface area (Å²) in [6.07, 6.45) is 25.6. The summed E-state index contributed by atoms with van der Waals surface area (Å²) in [6, 6.07) is 0. The van der Waals surface area contributed by atoms with Gasteiger partial charge in [-0.05, 0) is 55.8 Å². The van der Waals surface area contributed by atoms with Crippen LogP contribution in [0.25, 0.3) is 0 Å². The van der Waals surface area contributed by atoms with Gasteiger partial charge in [0.05, 0.1) is 0 Å². The molecule has 2 aliphatic carbocycles. The largest absolute Gasteiger partial charge is 0.0885 e. The van der Waals surface area contributed by atoms with Crippen molar-refractivity contribution in [1.82, 2.24) is 0 Å². The van der Waals surface area contributed by atoms with E-state index in [-0.39, 0.29) is 0 Å². The maximum atomic E-state index is 2.49. The van der Waals surface area contributed by atoms with Crippen molar-refractivity contribution in [3.8, 4) is 0 Å². The van der Waals surface area contributed by atoms with E-state index in [1.165, 1.54) is 89.9 Å². The van der Waals surface area contributed by atoms with E-state index >= 15 is 0 Å². The van der Waals surface area contributed by atoms with Gasteiger partial charge in [0.15, 0.2) is 0 Å². The highest BCUT2D eigenvalue weighted by molar-refractivity contribution is 4.90. The molecular weight excluding hydrogens is 264 g/mol. The second-order valence-electron chi connectivity index (χ2n) is 8.20. The van der Waals surface area contributed by atoms with Crippen LogP contribution < -0.4 is 0 Å². The molecule has 128 valence electrons. The van der Waals surface area contributed by atoms with Gasteiger partial charge in [-0.25, -0.2) is 0 Å². The quantitative estimate of drug-likeness (QED) is 0.321. The van der Waals surface area contributed by atoms with Gasteiger partial charge in [0, 0.05) is 0 Å². The lowest BCUT2D eigenvalue weighted by Gasteiger charge is -2.28. The summed E-state index contributed by atoms with van der Waals surface area (Å²) in [5.74, 6) is 4.11. The highest BCUT2D eigenvalue weighted by Gasteiger charge is 2.21. The normalized spacial score (nSPS) is 33.4. The van der Waals surface area contributed by atoms with Crippen molar-refractivity contribution in [3.63, 3.8) is 0 Å². The molecule has 22 heavy (non-hydrogen) atoms. The average molecular weight is 305 g/mol. The molecule has 2 saturated carbocycles. The lowest BCUT2D eigenvalue weighted by atomic mass is 9.77. The molecule has 0 aliphatic heterocycles. The molecule has 2 rings (SSSR count). The van der Waals surface area contributed by atoms with Gasteiger partial charge in [0.2, 0.25) is 0 Å². The van der Waals surface area contributed by atoms with E-state index in [1.807, 2.05) is 0 Å². The Morgan fingerprint density at radius 1 is 0.682 bits per heavy atom. The fourth-order valence-electron chi connectivity index (χ4n) is 4.79. The van der Waals surface area contributed by atoms with Crippen LogP contribution in [0.15, 0.2) is 12.2 Å². The highest BCUT2D eigenvalue weighted by atomic mass is 14.3. The first-order valence-corrected chi connectivity index (χ1v) is 10.5. The molecule has 0 aromatic carbocycles.